The minimum atomic E-state index is -1.16. The van der Waals surface area contributed by atoms with Crippen LogP contribution in [0.2, 0.25) is 10.0 Å². The SMILES string of the molecule is Cc1nsc(SCC2=C(C(=O)O)N3C(=O)C(NC(=O)CSc4cc(Cl)ccc4Cl)[C@H]3SC2)n1. The van der Waals surface area contributed by atoms with Gasteiger partial charge in [0.15, 0.2) is 4.34 Å². The molecule has 1 fully saturated rings. The van der Waals surface area contributed by atoms with Crippen molar-refractivity contribution >= 4 is 87.8 Å². The summed E-state index contributed by atoms with van der Waals surface area (Å²) in [5, 5.41) is 13.0. The van der Waals surface area contributed by atoms with Crippen LogP contribution in [0.25, 0.3) is 0 Å². The van der Waals surface area contributed by atoms with E-state index in [0.29, 0.717) is 37.8 Å². The first-order valence-electron chi connectivity index (χ1n) is 9.45. The highest BCUT2D eigenvalue weighted by Gasteiger charge is 2.54. The number of rotatable bonds is 8. The lowest BCUT2D eigenvalue weighted by Gasteiger charge is -2.49. The second-order valence-electron chi connectivity index (χ2n) is 6.97. The predicted molar refractivity (Wildman–Crippen MR) is 132 cm³/mol. The molecule has 2 N–H and O–H groups in total. The molecule has 8 nitrogen and oxygen atoms in total. The third-order valence-electron chi connectivity index (χ3n) is 4.70. The van der Waals surface area contributed by atoms with E-state index in [4.69, 9.17) is 23.2 Å². The van der Waals surface area contributed by atoms with E-state index >= 15 is 0 Å². The topological polar surface area (TPSA) is 112 Å². The number of aromatic nitrogens is 2. The molecule has 2 aliphatic rings. The number of carboxylic acids is 1. The van der Waals surface area contributed by atoms with Crippen molar-refractivity contribution in [3.63, 3.8) is 0 Å². The monoisotopic (exact) mass is 562 g/mol. The molecule has 2 amide bonds. The van der Waals surface area contributed by atoms with Gasteiger partial charge in [0.2, 0.25) is 5.91 Å². The summed E-state index contributed by atoms with van der Waals surface area (Å²) in [4.78, 5) is 43.4. The summed E-state index contributed by atoms with van der Waals surface area (Å²) in [6.45, 7) is 1.79. The van der Waals surface area contributed by atoms with E-state index in [-0.39, 0.29) is 17.4 Å². The van der Waals surface area contributed by atoms with Gasteiger partial charge in [0.1, 0.15) is 22.9 Å². The van der Waals surface area contributed by atoms with Crippen molar-refractivity contribution in [2.45, 2.75) is 27.6 Å². The number of aryl methyl sites for hydroxylation is 1. The minimum Gasteiger partial charge on any atom is -0.477 e. The Kier molecular flexibility index (Phi) is 7.81. The Bertz CT molecular complexity index is 1160. The van der Waals surface area contributed by atoms with Crippen molar-refractivity contribution in [3.05, 3.63) is 45.3 Å². The van der Waals surface area contributed by atoms with Crippen LogP contribution in [0.3, 0.4) is 0 Å². The molecule has 4 rings (SSSR count). The normalized spacial score (nSPS) is 19.8. The Hall–Kier alpha value is -1.44. The van der Waals surface area contributed by atoms with Crippen LogP contribution in [0.1, 0.15) is 5.82 Å². The van der Waals surface area contributed by atoms with Gasteiger partial charge >= 0.3 is 5.97 Å². The molecule has 174 valence electrons. The number of hydrogen-bond donors (Lipinski definition) is 2. The summed E-state index contributed by atoms with van der Waals surface area (Å²) >= 11 is 17.4. The molecule has 1 saturated heterocycles. The number of hydrogen-bond acceptors (Lipinski definition) is 9. The van der Waals surface area contributed by atoms with E-state index in [1.165, 1.54) is 51.7 Å². The van der Waals surface area contributed by atoms with E-state index in [1.54, 1.807) is 25.1 Å². The summed E-state index contributed by atoms with van der Waals surface area (Å²) in [5.41, 5.74) is 0.633. The highest BCUT2D eigenvalue weighted by molar-refractivity contribution is 8.01. The second-order valence-corrected chi connectivity index (χ2v) is 11.9. The van der Waals surface area contributed by atoms with E-state index in [2.05, 4.69) is 14.7 Å². The fraction of sp³-hybridized carbons (Fsp3) is 0.316. The molecule has 2 atom stereocenters. The maximum Gasteiger partial charge on any atom is 0.352 e. The second kappa shape index (κ2) is 10.4. The molecule has 1 unspecified atom stereocenters. The largest absolute Gasteiger partial charge is 0.477 e. The lowest BCUT2D eigenvalue weighted by molar-refractivity contribution is -0.150. The zero-order valence-electron chi connectivity index (χ0n) is 16.9. The zero-order chi connectivity index (χ0) is 23.7. The van der Waals surface area contributed by atoms with E-state index in [9.17, 15) is 19.5 Å². The molecule has 1 aromatic heterocycles. The number of carboxylic acid groups (broad SMARTS) is 1. The lowest BCUT2D eigenvalue weighted by Crippen LogP contribution is -2.70. The van der Waals surface area contributed by atoms with Crippen molar-refractivity contribution in [1.82, 2.24) is 19.6 Å². The Morgan fingerprint density at radius 3 is 2.82 bits per heavy atom. The summed E-state index contributed by atoms with van der Waals surface area (Å²) in [7, 11) is 0. The van der Waals surface area contributed by atoms with Crippen LogP contribution in [-0.4, -0.2) is 65.8 Å². The van der Waals surface area contributed by atoms with Crippen molar-refractivity contribution in [3.8, 4) is 0 Å². The molecule has 0 spiro atoms. The van der Waals surface area contributed by atoms with Gasteiger partial charge in [-0.05, 0) is 42.2 Å². The molecule has 0 bridgehead atoms. The standard InChI is InChI=1S/C19H16Cl2N4O4S4/c1-8-22-19(33-24-8)32-6-9-5-31-17-14(16(27)25(17)15(9)18(28)29)23-13(26)7-30-12-4-10(20)2-3-11(12)21/h2-4,14,17H,5-7H2,1H3,(H,23,26)(H,28,29)/t14?,17-/m1/s1. The summed E-state index contributed by atoms with van der Waals surface area (Å²) in [6, 6.07) is 4.21. The van der Waals surface area contributed by atoms with Gasteiger partial charge in [0.05, 0.1) is 10.8 Å². The summed E-state index contributed by atoms with van der Waals surface area (Å²) < 4.78 is 4.86. The van der Waals surface area contributed by atoms with Crippen molar-refractivity contribution in [2.24, 2.45) is 0 Å². The number of halogens is 2. The fourth-order valence-corrected chi connectivity index (χ4v) is 7.66. The van der Waals surface area contributed by atoms with Crippen molar-refractivity contribution < 1.29 is 19.5 Å². The Morgan fingerprint density at radius 2 is 2.12 bits per heavy atom. The van der Waals surface area contributed by atoms with Gasteiger partial charge in [-0.3, -0.25) is 14.5 Å². The minimum absolute atomic E-state index is 0.0110. The summed E-state index contributed by atoms with van der Waals surface area (Å²) in [6.07, 6.45) is 0. The molecule has 2 aliphatic heterocycles. The van der Waals surface area contributed by atoms with E-state index in [1.807, 2.05) is 0 Å². The number of aliphatic carboxylic acids is 1. The van der Waals surface area contributed by atoms with Crippen molar-refractivity contribution in [2.75, 3.05) is 17.3 Å². The molecule has 33 heavy (non-hydrogen) atoms. The molecule has 2 aromatic rings. The smallest absolute Gasteiger partial charge is 0.352 e. The molecular formula is C19H16Cl2N4O4S4. The van der Waals surface area contributed by atoms with Crippen LogP contribution in [0.4, 0.5) is 0 Å². The molecule has 0 radical (unpaired) electrons. The van der Waals surface area contributed by atoms with Crippen molar-refractivity contribution in [1.29, 1.82) is 0 Å². The first-order valence-corrected chi connectivity index (χ1v) is 14.0. The van der Waals surface area contributed by atoms with Gasteiger partial charge in [-0.2, -0.15) is 4.37 Å². The first-order chi connectivity index (χ1) is 15.7. The highest BCUT2D eigenvalue weighted by Crippen LogP contribution is 2.41. The van der Waals surface area contributed by atoms with Gasteiger partial charge in [-0.25, -0.2) is 9.78 Å². The average Bonchev–Trinajstić information content (AvgIpc) is 3.20. The number of amides is 2. The number of thioether (sulfide) groups is 3. The summed E-state index contributed by atoms with van der Waals surface area (Å²) in [5.74, 6) is -0.379. The van der Waals surface area contributed by atoms with Gasteiger partial charge < -0.3 is 10.4 Å². The number of nitrogens with one attached hydrogen (secondary N) is 1. The van der Waals surface area contributed by atoms with Crippen LogP contribution in [0.5, 0.6) is 0 Å². The zero-order valence-corrected chi connectivity index (χ0v) is 21.7. The number of fused-ring (bicyclic) bond motifs is 1. The van der Waals surface area contributed by atoms with E-state index in [0.717, 1.165) is 4.34 Å². The maximum atomic E-state index is 12.8. The first kappa shape index (κ1) is 24.7. The molecule has 1 aromatic carbocycles. The van der Waals surface area contributed by atoms with Crippen LogP contribution in [0.15, 0.2) is 38.7 Å². The number of benzene rings is 1. The van der Waals surface area contributed by atoms with Gasteiger partial charge in [0, 0.05) is 21.4 Å². The van der Waals surface area contributed by atoms with Crippen LogP contribution in [0, 0.1) is 6.92 Å². The number of β-lactam (4-membered cyclic amide) rings is 1. The molecule has 3 heterocycles. The predicted octanol–water partition coefficient (Wildman–Crippen LogP) is 3.78. The van der Waals surface area contributed by atoms with Gasteiger partial charge in [0.25, 0.3) is 5.91 Å². The van der Waals surface area contributed by atoms with Gasteiger partial charge in [-0.15, -0.1) is 23.5 Å². The molecule has 0 aliphatic carbocycles. The van der Waals surface area contributed by atoms with Gasteiger partial charge in [-0.1, -0.05) is 35.0 Å². The molecule has 14 heteroatoms. The quantitative estimate of drug-likeness (QED) is 0.366. The third-order valence-corrected chi connectivity index (χ3v) is 9.78. The van der Waals surface area contributed by atoms with E-state index < -0.39 is 23.3 Å². The number of nitrogens with zero attached hydrogens (tertiary/aromatic N) is 3. The fourth-order valence-electron chi connectivity index (χ4n) is 3.23. The number of carbonyl (C=O) groups is 3. The third kappa shape index (κ3) is 5.46. The maximum absolute atomic E-state index is 12.8. The Balaban J connectivity index is 1.38. The van der Waals surface area contributed by atoms with Crippen LogP contribution < -0.4 is 5.32 Å². The van der Waals surface area contributed by atoms with Crippen LogP contribution in [-0.2, 0) is 14.4 Å². The highest BCUT2D eigenvalue weighted by atomic mass is 35.5. The lowest BCUT2D eigenvalue weighted by atomic mass is 10.0. The average molecular weight is 564 g/mol. The molecule has 0 saturated carbocycles. The Morgan fingerprint density at radius 1 is 1.33 bits per heavy atom. The Labute approximate surface area is 216 Å². The molecular weight excluding hydrogens is 547 g/mol. The van der Waals surface area contributed by atoms with Crippen LogP contribution >= 0.6 is 70.0 Å². The number of carbonyl (C=O) groups excluding carboxylic acids is 2.